The molecule has 0 unspecified atom stereocenters. The lowest BCUT2D eigenvalue weighted by Gasteiger charge is -2.12. The maximum atomic E-state index is 11.4. The van der Waals surface area contributed by atoms with E-state index in [2.05, 4.69) is 22.6 Å². The van der Waals surface area contributed by atoms with Crippen molar-refractivity contribution in [3.05, 3.63) is 56.7 Å². The molecule has 0 saturated heterocycles. The van der Waals surface area contributed by atoms with Crippen molar-refractivity contribution >= 4 is 40.7 Å². The molecule has 0 aliphatic carbocycles. The van der Waals surface area contributed by atoms with Gasteiger partial charge < -0.3 is 18.9 Å². The molecule has 0 spiro atoms. The van der Waals surface area contributed by atoms with Gasteiger partial charge in [0.25, 0.3) is 0 Å². The first kappa shape index (κ1) is 19.3. The Morgan fingerprint density at radius 2 is 1.72 bits per heavy atom. The monoisotopic (exact) mass is 454 g/mol. The second-order valence-corrected chi connectivity index (χ2v) is 6.19. The maximum Gasteiger partial charge on any atom is 0.337 e. The fourth-order valence-corrected chi connectivity index (χ4v) is 2.92. The van der Waals surface area contributed by atoms with Crippen LogP contribution >= 0.6 is 22.6 Å². The van der Waals surface area contributed by atoms with Crippen LogP contribution < -0.4 is 9.47 Å². The van der Waals surface area contributed by atoms with Gasteiger partial charge in [-0.2, -0.15) is 0 Å². The number of benzene rings is 2. The van der Waals surface area contributed by atoms with Gasteiger partial charge >= 0.3 is 5.97 Å². The summed E-state index contributed by atoms with van der Waals surface area (Å²) in [6.07, 6.45) is 3.93. The van der Waals surface area contributed by atoms with E-state index >= 15 is 0 Å². The molecule has 0 saturated carbocycles. The standard InChI is InChI=1S/C19H19IO5/c1-22-12-25-18-16(20)10-14(11-17(18)23-2)5-4-13-6-8-15(9-7-13)19(21)24-3/h4-11H,12H2,1-3H3/b5-4+. The number of carbonyl (C=O) groups is 1. The average Bonchev–Trinajstić information content (AvgIpc) is 2.64. The van der Waals surface area contributed by atoms with Crippen LogP contribution in [0.1, 0.15) is 21.5 Å². The zero-order chi connectivity index (χ0) is 18.2. The first-order valence-corrected chi connectivity index (χ1v) is 8.52. The molecule has 0 atom stereocenters. The molecule has 0 N–H and O–H groups in total. The lowest BCUT2D eigenvalue weighted by Crippen LogP contribution is -2.02. The summed E-state index contributed by atoms with van der Waals surface area (Å²) < 4.78 is 21.5. The highest BCUT2D eigenvalue weighted by atomic mass is 127. The van der Waals surface area contributed by atoms with E-state index in [0.717, 1.165) is 14.7 Å². The van der Waals surface area contributed by atoms with Gasteiger partial charge in [0.1, 0.15) is 0 Å². The molecule has 0 fully saturated rings. The smallest absolute Gasteiger partial charge is 0.337 e. The van der Waals surface area contributed by atoms with E-state index in [-0.39, 0.29) is 12.8 Å². The molecule has 0 aromatic heterocycles. The molecule has 2 aromatic carbocycles. The van der Waals surface area contributed by atoms with Gasteiger partial charge in [-0.3, -0.25) is 0 Å². The van der Waals surface area contributed by atoms with Crippen molar-refractivity contribution in [2.24, 2.45) is 0 Å². The molecular formula is C19H19IO5. The summed E-state index contributed by atoms with van der Waals surface area (Å²) in [7, 11) is 4.54. The fraction of sp³-hybridized carbons (Fsp3) is 0.211. The van der Waals surface area contributed by atoms with Crippen molar-refractivity contribution in [2.45, 2.75) is 0 Å². The van der Waals surface area contributed by atoms with Gasteiger partial charge in [-0.25, -0.2) is 4.79 Å². The lowest BCUT2D eigenvalue weighted by atomic mass is 10.1. The molecule has 2 aromatic rings. The van der Waals surface area contributed by atoms with Gasteiger partial charge in [-0.1, -0.05) is 24.3 Å². The Morgan fingerprint density at radius 3 is 2.32 bits per heavy atom. The number of ether oxygens (including phenoxy) is 4. The van der Waals surface area contributed by atoms with E-state index < -0.39 is 0 Å². The Labute approximate surface area is 160 Å². The first-order valence-electron chi connectivity index (χ1n) is 7.44. The molecule has 5 nitrogen and oxygen atoms in total. The molecule has 132 valence electrons. The molecule has 0 amide bonds. The van der Waals surface area contributed by atoms with Crippen LogP contribution in [-0.4, -0.2) is 34.1 Å². The van der Waals surface area contributed by atoms with E-state index in [1.165, 1.54) is 7.11 Å². The Kier molecular flexibility index (Phi) is 7.27. The molecule has 2 rings (SSSR count). The number of esters is 1. The molecular weight excluding hydrogens is 435 g/mol. The van der Waals surface area contributed by atoms with Crippen LogP contribution in [0, 0.1) is 3.57 Å². The minimum Gasteiger partial charge on any atom is -0.493 e. The minimum atomic E-state index is -0.346. The van der Waals surface area contributed by atoms with Gasteiger partial charge in [-0.15, -0.1) is 0 Å². The van der Waals surface area contributed by atoms with Crippen LogP contribution in [0.4, 0.5) is 0 Å². The summed E-state index contributed by atoms with van der Waals surface area (Å²) in [6.45, 7) is 0.161. The van der Waals surface area contributed by atoms with Crippen LogP contribution in [-0.2, 0) is 9.47 Å². The highest BCUT2D eigenvalue weighted by Crippen LogP contribution is 2.34. The van der Waals surface area contributed by atoms with E-state index in [4.69, 9.17) is 18.9 Å². The van der Waals surface area contributed by atoms with Gasteiger partial charge in [-0.05, 0) is 58.0 Å². The predicted octanol–water partition coefficient (Wildman–Crippen LogP) is 4.24. The average molecular weight is 454 g/mol. The Hall–Kier alpha value is -2.06. The number of hydrogen-bond acceptors (Lipinski definition) is 5. The zero-order valence-corrected chi connectivity index (χ0v) is 16.4. The third-order valence-corrected chi connectivity index (χ3v) is 4.17. The topological polar surface area (TPSA) is 54.0 Å². The fourth-order valence-electron chi connectivity index (χ4n) is 2.13. The molecule has 0 radical (unpaired) electrons. The summed E-state index contributed by atoms with van der Waals surface area (Å²) in [5.41, 5.74) is 2.47. The minimum absolute atomic E-state index is 0.161. The van der Waals surface area contributed by atoms with Crippen molar-refractivity contribution < 1.29 is 23.7 Å². The number of rotatable bonds is 7. The van der Waals surface area contributed by atoms with Crippen LogP contribution in [0.15, 0.2) is 36.4 Å². The number of carbonyl (C=O) groups excluding carboxylic acids is 1. The highest BCUT2D eigenvalue weighted by Gasteiger charge is 2.10. The Morgan fingerprint density at radius 1 is 1.04 bits per heavy atom. The van der Waals surface area contributed by atoms with Crippen LogP contribution in [0.2, 0.25) is 0 Å². The maximum absolute atomic E-state index is 11.4. The summed E-state index contributed by atoms with van der Waals surface area (Å²) in [6, 6.07) is 11.1. The van der Waals surface area contributed by atoms with Crippen molar-refractivity contribution in [3.63, 3.8) is 0 Å². The second-order valence-electron chi connectivity index (χ2n) is 5.03. The normalized spacial score (nSPS) is 10.7. The summed E-state index contributed by atoms with van der Waals surface area (Å²) in [4.78, 5) is 11.4. The quantitative estimate of drug-likeness (QED) is 0.271. The molecule has 0 heterocycles. The molecule has 0 aliphatic rings. The van der Waals surface area contributed by atoms with Gasteiger partial charge in [0.2, 0.25) is 0 Å². The molecule has 0 bridgehead atoms. The van der Waals surface area contributed by atoms with Crippen LogP contribution in [0.5, 0.6) is 11.5 Å². The number of hydrogen-bond donors (Lipinski definition) is 0. The third kappa shape index (κ3) is 5.20. The summed E-state index contributed by atoms with van der Waals surface area (Å²) >= 11 is 2.20. The molecule has 6 heteroatoms. The van der Waals surface area contributed by atoms with Crippen LogP contribution in [0.25, 0.3) is 12.2 Å². The van der Waals surface area contributed by atoms with E-state index in [1.54, 1.807) is 26.4 Å². The van der Waals surface area contributed by atoms with Gasteiger partial charge in [0, 0.05) is 7.11 Å². The van der Waals surface area contributed by atoms with Gasteiger partial charge in [0.05, 0.1) is 23.4 Å². The number of halogens is 1. The Bertz CT molecular complexity index is 753. The van der Waals surface area contributed by atoms with E-state index in [0.29, 0.717) is 17.1 Å². The zero-order valence-electron chi connectivity index (χ0n) is 14.2. The van der Waals surface area contributed by atoms with Crippen molar-refractivity contribution in [3.8, 4) is 11.5 Å². The molecule has 25 heavy (non-hydrogen) atoms. The van der Waals surface area contributed by atoms with Crippen LogP contribution in [0.3, 0.4) is 0 Å². The summed E-state index contributed by atoms with van der Waals surface area (Å²) in [5, 5.41) is 0. The molecule has 0 aliphatic heterocycles. The Balaban J connectivity index is 2.20. The third-order valence-electron chi connectivity index (χ3n) is 3.37. The number of methoxy groups -OCH3 is 3. The first-order chi connectivity index (χ1) is 12.1. The second kappa shape index (κ2) is 9.43. The lowest BCUT2D eigenvalue weighted by molar-refractivity contribution is 0.0485. The predicted molar refractivity (Wildman–Crippen MR) is 105 cm³/mol. The summed E-state index contributed by atoms with van der Waals surface area (Å²) in [5.74, 6) is 0.954. The van der Waals surface area contributed by atoms with Gasteiger partial charge in [0.15, 0.2) is 18.3 Å². The highest BCUT2D eigenvalue weighted by molar-refractivity contribution is 14.1. The largest absolute Gasteiger partial charge is 0.493 e. The van der Waals surface area contributed by atoms with E-state index in [9.17, 15) is 4.79 Å². The SMILES string of the molecule is COCOc1c(I)cc(/C=C/c2ccc(C(=O)OC)cc2)cc1OC. The van der Waals surface area contributed by atoms with E-state index in [1.807, 2.05) is 36.4 Å². The van der Waals surface area contributed by atoms with Crippen molar-refractivity contribution in [1.82, 2.24) is 0 Å². The van der Waals surface area contributed by atoms with Crippen molar-refractivity contribution in [1.29, 1.82) is 0 Å². The van der Waals surface area contributed by atoms with Crippen molar-refractivity contribution in [2.75, 3.05) is 28.1 Å².